The third-order valence-corrected chi connectivity index (χ3v) is 3.64. The van der Waals surface area contributed by atoms with E-state index in [-0.39, 0.29) is 24.7 Å². The smallest absolute Gasteiger partial charge is 0.147 e. The normalized spacial score (nSPS) is 12.4. The van der Waals surface area contributed by atoms with Gasteiger partial charge in [0.2, 0.25) is 0 Å². The first-order valence-electron chi connectivity index (χ1n) is 8.91. The second kappa shape index (κ2) is 9.30. The molecule has 0 radical (unpaired) electrons. The van der Waals surface area contributed by atoms with Gasteiger partial charge >= 0.3 is 0 Å². The van der Waals surface area contributed by atoms with Crippen LogP contribution in [0.4, 0.5) is 4.39 Å². The molecule has 2 heterocycles. The van der Waals surface area contributed by atoms with Gasteiger partial charge in [-0.25, -0.2) is 4.39 Å². The average Bonchev–Trinajstić information content (AvgIpc) is 2.59. The Labute approximate surface area is 160 Å². The van der Waals surface area contributed by atoms with Crippen LogP contribution in [0.2, 0.25) is 0 Å². The highest BCUT2D eigenvalue weighted by Gasteiger charge is 2.21. The van der Waals surface area contributed by atoms with Gasteiger partial charge in [0.25, 0.3) is 0 Å². The Hall–Kier alpha value is -1.96. The van der Waals surface area contributed by atoms with Crippen LogP contribution in [0.25, 0.3) is 0 Å². The topological polar surface area (TPSA) is 66.4 Å². The molecule has 0 aliphatic heterocycles. The number of ether oxygens (including phenoxy) is 3. The minimum Gasteiger partial charge on any atom is -0.369 e. The molecular weight excluding hydrogens is 349 g/mol. The van der Waals surface area contributed by atoms with Crippen molar-refractivity contribution in [2.75, 3.05) is 6.79 Å². The monoisotopic (exact) mass is 377 g/mol. The fourth-order valence-electron chi connectivity index (χ4n) is 2.25. The number of aromatic nitrogens is 3. The molecule has 2 rings (SSSR count). The van der Waals surface area contributed by atoms with E-state index in [0.29, 0.717) is 13.0 Å². The maximum atomic E-state index is 14.0. The van der Waals surface area contributed by atoms with Gasteiger partial charge in [-0.15, -0.1) is 0 Å². The number of rotatable bonds is 9. The SMILES string of the molecule is CC(C)(C)OCOCc1nc(CC(C)(C)OCc2cccnn2)ccc1F. The zero-order chi connectivity index (χ0) is 19.9. The van der Waals surface area contributed by atoms with E-state index >= 15 is 0 Å². The second-order valence-electron chi connectivity index (χ2n) is 7.89. The Morgan fingerprint density at radius 1 is 0.963 bits per heavy atom. The van der Waals surface area contributed by atoms with E-state index in [1.54, 1.807) is 12.3 Å². The lowest BCUT2D eigenvalue weighted by atomic mass is 10.0. The second-order valence-corrected chi connectivity index (χ2v) is 7.89. The standard InChI is InChI=1S/C20H28FN3O3/c1-19(2,3)27-14-25-13-18-17(21)9-8-15(23-18)11-20(4,5)26-12-16-7-6-10-22-24-16/h6-10H,11-14H2,1-5H3. The van der Waals surface area contributed by atoms with E-state index in [1.807, 2.05) is 46.8 Å². The van der Waals surface area contributed by atoms with Crippen molar-refractivity contribution in [3.05, 3.63) is 53.4 Å². The molecule has 6 nitrogen and oxygen atoms in total. The highest BCUT2D eigenvalue weighted by Crippen LogP contribution is 2.19. The Morgan fingerprint density at radius 3 is 2.41 bits per heavy atom. The van der Waals surface area contributed by atoms with Crippen LogP contribution in [0.15, 0.2) is 30.5 Å². The zero-order valence-corrected chi connectivity index (χ0v) is 16.7. The van der Waals surface area contributed by atoms with Crippen LogP contribution < -0.4 is 0 Å². The van der Waals surface area contributed by atoms with Crippen molar-refractivity contribution >= 4 is 0 Å². The van der Waals surface area contributed by atoms with Crippen molar-refractivity contribution in [3.63, 3.8) is 0 Å². The van der Waals surface area contributed by atoms with Crippen LogP contribution in [0, 0.1) is 5.82 Å². The third-order valence-electron chi connectivity index (χ3n) is 3.64. The van der Waals surface area contributed by atoms with Crippen molar-refractivity contribution in [1.29, 1.82) is 0 Å². The summed E-state index contributed by atoms with van der Waals surface area (Å²) in [5.74, 6) is -0.396. The number of halogens is 1. The summed E-state index contributed by atoms with van der Waals surface area (Å²) in [5, 5.41) is 7.84. The first-order chi connectivity index (χ1) is 12.6. The molecule has 2 aromatic rings. The molecule has 0 fully saturated rings. The molecule has 0 unspecified atom stereocenters. The molecular formula is C20H28FN3O3. The number of nitrogens with zero attached hydrogens (tertiary/aromatic N) is 3. The Bertz CT molecular complexity index is 718. The van der Waals surface area contributed by atoms with Crippen LogP contribution in [0.1, 0.15) is 51.7 Å². The van der Waals surface area contributed by atoms with Gasteiger partial charge in [0, 0.05) is 18.3 Å². The lowest BCUT2D eigenvalue weighted by Crippen LogP contribution is -2.28. The highest BCUT2D eigenvalue weighted by molar-refractivity contribution is 5.14. The third kappa shape index (κ3) is 8.07. The lowest BCUT2D eigenvalue weighted by molar-refractivity contribution is -0.126. The number of hydrogen-bond acceptors (Lipinski definition) is 6. The predicted octanol–water partition coefficient (Wildman–Crippen LogP) is 3.84. The van der Waals surface area contributed by atoms with Crippen molar-refractivity contribution < 1.29 is 18.6 Å². The van der Waals surface area contributed by atoms with E-state index in [4.69, 9.17) is 14.2 Å². The summed E-state index contributed by atoms with van der Waals surface area (Å²) >= 11 is 0. The van der Waals surface area contributed by atoms with Gasteiger partial charge in [0.1, 0.15) is 18.3 Å². The summed E-state index contributed by atoms with van der Waals surface area (Å²) < 4.78 is 30.8. The first-order valence-corrected chi connectivity index (χ1v) is 8.91. The van der Waals surface area contributed by atoms with Gasteiger partial charge in [0.05, 0.1) is 30.1 Å². The molecule has 2 aromatic heterocycles. The maximum absolute atomic E-state index is 14.0. The molecule has 148 valence electrons. The van der Waals surface area contributed by atoms with Gasteiger partial charge in [-0.05, 0) is 58.9 Å². The zero-order valence-electron chi connectivity index (χ0n) is 16.7. The fraction of sp³-hybridized carbons (Fsp3) is 0.550. The van der Waals surface area contributed by atoms with E-state index in [2.05, 4.69) is 15.2 Å². The van der Waals surface area contributed by atoms with Crippen molar-refractivity contribution in [3.8, 4) is 0 Å². The van der Waals surface area contributed by atoms with Crippen LogP contribution >= 0.6 is 0 Å². The minimum atomic E-state index is -0.490. The van der Waals surface area contributed by atoms with E-state index < -0.39 is 11.4 Å². The van der Waals surface area contributed by atoms with Crippen molar-refractivity contribution in [2.45, 2.75) is 65.5 Å². The maximum Gasteiger partial charge on any atom is 0.147 e. The van der Waals surface area contributed by atoms with Crippen molar-refractivity contribution in [1.82, 2.24) is 15.2 Å². The molecule has 7 heteroatoms. The molecule has 0 atom stereocenters. The quantitative estimate of drug-likeness (QED) is 0.489. The van der Waals surface area contributed by atoms with Gasteiger partial charge in [-0.3, -0.25) is 4.98 Å². The molecule has 0 spiro atoms. The van der Waals surface area contributed by atoms with Crippen LogP contribution in [-0.4, -0.2) is 33.2 Å². The van der Waals surface area contributed by atoms with Gasteiger partial charge in [0.15, 0.2) is 0 Å². The van der Waals surface area contributed by atoms with Crippen LogP contribution in [0.5, 0.6) is 0 Å². The molecule has 0 aliphatic carbocycles. The molecule has 0 N–H and O–H groups in total. The summed E-state index contributed by atoms with van der Waals surface area (Å²) in [5.41, 5.74) is 0.949. The van der Waals surface area contributed by atoms with Crippen LogP contribution in [-0.2, 0) is 33.8 Å². The molecule has 0 saturated heterocycles. The van der Waals surface area contributed by atoms with Gasteiger partial charge < -0.3 is 14.2 Å². The summed E-state index contributed by atoms with van der Waals surface area (Å²) in [7, 11) is 0. The van der Waals surface area contributed by atoms with E-state index in [0.717, 1.165) is 11.4 Å². The summed E-state index contributed by atoms with van der Waals surface area (Å²) in [6.07, 6.45) is 2.15. The summed E-state index contributed by atoms with van der Waals surface area (Å²) in [4.78, 5) is 4.38. The average molecular weight is 377 g/mol. The Kier molecular flexibility index (Phi) is 7.35. The van der Waals surface area contributed by atoms with Gasteiger partial charge in [-0.1, -0.05) is 0 Å². The Balaban J connectivity index is 1.91. The van der Waals surface area contributed by atoms with E-state index in [9.17, 15) is 4.39 Å². The van der Waals surface area contributed by atoms with Crippen molar-refractivity contribution in [2.24, 2.45) is 0 Å². The molecule has 0 aliphatic rings. The number of pyridine rings is 1. The predicted molar refractivity (Wildman–Crippen MR) is 99.3 cm³/mol. The van der Waals surface area contributed by atoms with Gasteiger partial charge in [-0.2, -0.15) is 10.2 Å². The first kappa shape index (κ1) is 21.3. The highest BCUT2D eigenvalue weighted by atomic mass is 19.1. The fourth-order valence-corrected chi connectivity index (χ4v) is 2.25. The van der Waals surface area contributed by atoms with Crippen LogP contribution in [0.3, 0.4) is 0 Å². The summed E-state index contributed by atoms with van der Waals surface area (Å²) in [6, 6.07) is 6.74. The summed E-state index contributed by atoms with van der Waals surface area (Å²) in [6.45, 7) is 10.2. The molecule has 0 saturated carbocycles. The van der Waals surface area contributed by atoms with E-state index in [1.165, 1.54) is 6.07 Å². The minimum absolute atomic E-state index is 0.0522. The Morgan fingerprint density at radius 2 is 1.74 bits per heavy atom. The molecule has 0 amide bonds. The lowest BCUT2D eigenvalue weighted by Gasteiger charge is -2.25. The molecule has 0 aromatic carbocycles. The largest absolute Gasteiger partial charge is 0.369 e. The molecule has 27 heavy (non-hydrogen) atoms. The number of hydrogen-bond donors (Lipinski definition) is 0. The molecule has 0 bridgehead atoms.